The Kier molecular flexibility index (Phi) is 14.6. The fourth-order valence-corrected chi connectivity index (χ4v) is 11.1. The van der Waals surface area contributed by atoms with E-state index in [1.54, 1.807) is 43.4 Å². The van der Waals surface area contributed by atoms with Gasteiger partial charge in [-0.1, -0.05) is 61.8 Å². The number of carboxylic acid groups (broad SMARTS) is 1. The monoisotopic (exact) mass is 925 g/mol. The quantitative estimate of drug-likeness (QED) is 0.0874. The second-order valence-corrected chi connectivity index (χ2v) is 20.0. The van der Waals surface area contributed by atoms with Crippen molar-refractivity contribution in [3.8, 4) is 22.6 Å². The summed E-state index contributed by atoms with van der Waals surface area (Å²) in [4.78, 5) is 51.1. The van der Waals surface area contributed by atoms with Gasteiger partial charge in [-0.05, 0) is 158 Å². The average molecular weight is 927 g/mol. The normalized spacial score (nSPS) is 21.2. The zero-order valence-corrected chi connectivity index (χ0v) is 40.3. The highest BCUT2D eigenvalue weighted by atomic mass is 35.5. The van der Waals surface area contributed by atoms with E-state index in [4.69, 9.17) is 21.1 Å². The van der Waals surface area contributed by atoms with Crippen molar-refractivity contribution >= 4 is 35.1 Å². The summed E-state index contributed by atoms with van der Waals surface area (Å²) in [5.74, 6) is 1.75. The number of nitrogens with one attached hydrogen (secondary N) is 1. The topological polar surface area (TPSA) is 134 Å². The lowest BCUT2D eigenvalue weighted by molar-refractivity contribution is -0.144. The van der Waals surface area contributed by atoms with Crippen molar-refractivity contribution in [3.63, 3.8) is 0 Å². The van der Waals surface area contributed by atoms with Gasteiger partial charge in [-0.15, -0.1) is 0 Å². The third kappa shape index (κ3) is 10.6. The Balaban J connectivity index is 0.918. The Hall–Kier alpha value is -5.94. The number of benzene rings is 3. The van der Waals surface area contributed by atoms with Gasteiger partial charge in [0.05, 0.1) is 13.2 Å². The molecule has 3 aliphatic rings. The van der Waals surface area contributed by atoms with Gasteiger partial charge in [-0.25, -0.2) is 4.79 Å². The summed E-state index contributed by atoms with van der Waals surface area (Å²) < 4.78 is 13.0. The van der Waals surface area contributed by atoms with Crippen molar-refractivity contribution in [2.45, 2.75) is 108 Å². The Morgan fingerprint density at radius 1 is 0.925 bits per heavy atom. The highest BCUT2D eigenvalue weighted by molar-refractivity contribution is 6.30. The summed E-state index contributed by atoms with van der Waals surface area (Å²) in [5, 5.41) is 14.7. The van der Waals surface area contributed by atoms with E-state index in [1.807, 2.05) is 61.8 Å². The molecule has 12 heteroatoms. The predicted molar refractivity (Wildman–Crippen MR) is 263 cm³/mol. The fraction of sp³-hybridized carbons (Fsp3) is 0.436. The summed E-state index contributed by atoms with van der Waals surface area (Å²) in [5.41, 5.74) is 7.58. The lowest BCUT2D eigenvalue weighted by Crippen LogP contribution is -2.53. The van der Waals surface area contributed by atoms with Crippen LogP contribution in [0.25, 0.3) is 11.1 Å². The number of amides is 2. The maximum atomic E-state index is 13.3. The molecule has 0 saturated heterocycles. The first-order valence-electron chi connectivity index (χ1n) is 23.9. The van der Waals surface area contributed by atoms with Crippen LogP contribution in [0.2, 0.25) is 5.02 Å². The third-order valence-electron chi connectivity index (χ3n) is 14.6. The van der Waals surface area contributed by atoms with Gasteiger partial charge in [-0.2, -0.15) is 0 Å². The maximum Gasteiger partial charge on any atom is 0.329 e. The van der Waals surface area contributed by atoms with Gasteiger partial charge in [0.15, 0.2) is 0 Å². The Morgan fingerprint density at radius 2 is 1.73 bits per heavy atom. The minimum atomic E-state index is -1.12. The number of rotatable bonds is 17. The number of anilines is 1. The zero-order chi connectivity index (χ0) is 47.3. The van der Waals surface area contributed by atoms with Gasteiger partial charge in [0.2, 0.25) is 5.91 Å². The second kappa shape index (κ2) is 20.5. The van der Waals surface area contributed by atoms with E-state index >= 15 is 0 Å². The van der Waals surface area contributed by atoms with Crippen LogP contribution in [0.5, 0.6) is 11.5 Å². The van der Waals surface area contributed by atoms with Crippen LogP contribution in [-0.4, -0.2) is 82.6 Å². The largest absolute Gasteiger partial charge is 0.494 e. The molecule has 3 atom stereocenters. The summed E-state index contributed by atoms with van der Waals surface area (Å²) in [6, 6.07) is 27.4. The number of carbonyl (C=O) groups excluding carboxylic acids is 2. The lowest BCUT2D eigenvalue weighted by Gasteiger charge is -2.47. The van der Waals surface area contributed by atoms with Crippen molar-refractivity contribution in [2.24, 2.45) is 11.8 Å². The maximum absolute atomic E-state index is 13.3. The summed E-state index contributed by atoms with van der Waals surface area (Å²) in [6.45, 7) is 6.00. The summed E-state index contributed by atoms with van der Waals surface area (Å²) in [6.07, 6.45) is 12.0. The number of aromatic nitrogens is 2. The average Bonchev–Trinajstić information content (AvgIpc) is 3.60. The molecule has 67 heavy (non-hydrogen) atoms. The van der Waals surface area contributed by atoms with Crippen molar-refractivity contribution in [2.75, 3.05) is 39.7 Å². The van der Waals surface area contributed by atoms with Crippen LogP contribution >= 0.6 is 11.6 Å². The number of nitrogens with zero attached hydrogens (tertiary/aromatic N) is 4. The van der Waals surface area contributed by atoms with Crippen LogP contribution in [0.4, 0.5) is 5.69 Å². The molecule has 0 aliphatic heterocycles. The first-order chi connectivity index (χ1) is 32.2. The van der Waals surface area contributed by atoms with Crippen LogP contribution in [-0.2, 0) is 34.4 Å². The van der Waals surface area contributed by atoms with Crippen molar-refractivity contribution < 1.29 is 29.0 Å². The minimum Gasteiger partial charge on any atom is -0.494 e. The van der Waals surface area contributed by atoms with Gasteiger partial charge < -0.3 is 29.7 Å². The van der Waals surface area contributed by atoms with Gasteiger partial charge in [0.1, 0.15) is 22.7 Å². The highest BCUT2D eigenvalue weighted by Gasteiger charge is 2.54. The smallest absolute Gasteiger partial charge is 0.329 e. The number of carbonyl (C=O) groups is 3. The van der Waals surface area contributed by atoms with Gasteiger partial charge >= 0.3 is 5.97 Å². The zero-order valence-electron chi connectivity index (χ0n) is 39.5. The number of hydrogen-bond donors (Lipinski definition) is 2. The Labute approximate surface area is 400 Å². The van der Waals surface area contributed by atoms with Crippen molar-refractivity contribution in [1.82, 2.24) is 19.8 Å². The third-order valence-corrected chi connectivity index (χ3v) is 14.8. The number of aliphatic carboxylic acids is 1. The molecule has 5 aromatic rings. The van der Waals surface area contributed by atoms with E-state index in [-0.39, 0.29) is 23.1 Å². The van der Waals surface area contributed by atoms with Crippen LogP contribution < -0.4 is 14.8 Å². The van der Waals surface area contributed by atoms with Crippen LogP contribution in [0.3, 0.4) is 0 Å². The molecule has 0 bridgehead atoms. The molecule has 1 unspecified atom stereocenters. The van der Waals surface area contributed by atoms with E-state index in [0.717, 1.165) is 66.0 Å². The number of pyridine rings is 2. The molecule has 1 spiro atoms. The minimum absolute atomic E-state index is 0.0323. The molecule has 0 radical (unpaired) electrons. The number of fused-ring (bicyclic) bond motifs is 3. The second-order valence-electron chi connectivity index (χ2n) is 19.5. The highest BCUT2D eigenvalue weighted by Crippen LogP contribution is 2.57. The van der Waals surface area contributed by atoms with Crippen LogP contribution in [0, 0.1) is 11.8 Å². The molecular weight excluding hydrogens is 862 g/mol. The molecule has 3 aliphatic carbocycles. The predicted octanol–water partition coefficient (Wildman–Crippen LogP) is 10.8. The van der Waals surface area contributed by atoms with E-state index in [9.17, 15) is 19.5 Å². The number of halogens is 1. The standard InChI is InChI=1S/C55H64ClN5O6/c1-36(35-67-49-21-26-57-47-15-6-10-37(2)51(47)49)28-42-30-40-17-19-45(32-46(40)54(42)22-24-55(25-23-54,53(64)65)59-44-14-8-13-43(56)31-44)66-27-9-16-50(62)61(5)34-38-11-7-12-39(29-38)41-18-20-48(58-33-41)52(63)60(3)4/h7-8,11-14,17-21,26,29,31-33,36-37,42,59H,6,9-10,15-16,22-25,27-28,30,34-35H2,1-5H3,(H,64,65)/t36-,37-,42?,54?,55?/m1/s1. The lowest BCUT2D eigenvalue weighted by atomic mass is 9.59. The number of aryl methyl sites for hydroxylation is 1. The molecule has 2 aromatic heterocycles. The number of ether oxygens (including phenoxy) is 2. The van der Waals surface area contributed by atoms with Gasteiger partial charge in [0, 0.05) is 74.0 Å². The molecule has 2 amide bonds. The Morgan fingerprint density at radius 3 is 2.48 bits per heavy atom. The molecule has 352 valence electrons. The van der Waals surface area contributed by atoms with Crippen molar-refractivity contribution in [1.29, 1.82) is 0 Å². The summed E-state index contributed by atoms with van der Waals surface area (Å²) in [7, 11) is 5.23. The molecule has 8 rings (SSSR count). The molecular formula is C55H64ClN5O6. The van der Waals surface area contributed by atoms with E-state index < -0.39 is 11.5 Å². The van der Waals surface area contributed by atoms with E-state index in [1.165, 1.54) is 21.6 Å². The molecule has 1 saturated carbocycles. The first kappa shape index (κ1) is 47.5. The van der Waals surface area contributed by atoms with E-state index in [0.29, 0.717) is 86.5 Å². The number of carboxylic acids is 1. The number of hydrogen-bond acceptors (Lipinski definition) is 8. The Bertz CT molecular complexity index is 2570. The molecule has 2 heterocycles. The van der Waals surface area contributed by atoms with Gasteiger partial charge in [0.25, 0.3) is 5.91 Å². The molecule has 2 N–H and O–H groups in total. The van der Waals surface area contributed by atoms with Crippen molar-refractivity contribution in [3.05, 3.63) is 136 Å². The van der Waals surface area contributed by atoms with Gasteiger partial charge in [-0.3, -0.25) is 19.6 Å². The van der Waals surface area contributed by atoms with Crippen LogP contribution in [0.1, 0.15) is 116 Å². The van der Waals surface area contributed by atoms with Crippen LogP contribution in [0.15, 0.2) is 97.3 Å². The van der Waals surface area contributed by atoms with E-state index in [2.05, 4.69) is 47.3 Å². The summed E-state index contributed by atoms with van der Waals surface area (Å²) >= 11 is 6.33. The SMILES string of the molecule is C[C@@H](COc1ccnc2c1[C@H](C)CCC2)CC1Cc2ccc(OCCCC(=O)N(C)Cc3cccc(-c4ccc(C(=O)N(C)C)nc4)c3)cc2C12CCC(Nc1cccc(Cl)c1)(C(=O)O)CC2. The molecule has 3 aromatic carbocycles. The molecule has 11 nitrogen and oxygen atoms in total. The fourth-order valence-electron chi connectivity index (χ4n) is 10.9. The molecule has 1 fully saturated rings. The first-order valence-corrected chi connectivity index (χ1v) is 24.3.